The molecule has 11 heavy (non-hydrogen) atoms. The maximum Gasteiger partial charge on any atom is 0.0340 e. The second-order valence-electron chi connectivity index (χ2n) is 2.77. The van der Waals surface area contributed by atoms with Gasteiger partial charge in [0.2, 0.25) is 0 Å². The molecule has 1 rings (SSSR count). The van der Waals surface area contributed by atoms with Crippen molar-refractivity contribution in [3.05, 3.63) is 24.5 Å². The number of hydrogen-bond donors (Lipinski definition) is 1. The molecule has 0 aromatic carbocycles. The van der Waals surface area contributed by atoms with Crippen molar-refractivity contribution in [3.63, 3.8) is 0 Å². The van der Waals surface area contributed by atoms with E-state index in [1.54, 1.807) is 0 Å². The Labute approximate surface area is 68.0 Å². The maximum atomic E-state index is 5.50. The van der Waals surface area contributed by atoms with Gasteiger partial charge >= 0.3 is 0 Å². The zero-order valence-corrected chi connectivity index (χ0v) is 7.03. The van der Waals surface area contributed by atoms with Gasteiger partial charge in [0, 0.05) is 18.4 Å². The van der Waals surface area contributed by atoms with Crippen molar-refractivity contribution >= 4 is 0 Å². The third-order valence-corrected chi connectivity index (χ3v) is 2.02. The van der Waals surface area contributed by atoms with Gasteiger partial charge in [0.1, 0.15) is 0 Å². The van der Waals surface area contributed by atoms with E-state index >= 15 is 0 Å². The summed E-state index contributed by atoms with van der Waals surface area (Å²) in [6.07, 6.45) is 6.44. The first-order valence-corrected chi connectivity index (χ1v) is 4.21. The van der Waals surface area contributed by atoms with Gasteiger partial charge in [-0.15, -0.1) is 0 Å². The third kappa shape index (κ3) is 2.09. The van der Waals surface area contributed by atoms with Gasteiger partial charge in [-0.1, -0.05) is 6.92 Å². The fraction of sp³-hybridized carbons (Fsp3) is 0.556. The van der Waals surface area contributed by atoms with E-state index in [0.29, 0.717) is 6.04 Å². The Bertz CT molecular complexity index is 179. The van der Waals surface area contributed by atoms with Crippen LogP contribution >= 0.6 is 0 Å². The van der Waals surface area contributed by atoms with Gasteiger partial charge in [0.25, 0.3) is 0 Å². The van der Waals surface area contributed by atoms with Crippen LogP contribution in [0.2, 0.25) is 0 Å². The minimum absolute atomic E-state index is 0.593. The molecule has 2 heteroatoms. The minimum Gasteiger partial charge on any atom is -0.351 e. The lowest BCUT2D eigenvalue weighted by atomic mass is 10.1. The molecule has 0 radical (unpaired) electrons. The molecule has 62 valence electrons. The normalized spacial score (nSPS) is 13.3. The van der Waals surface area contributed by atoms with E-state index in [1.165, 1.54) is 0 Å². The Morgan fingerprint density at radius 1 is 1.36 bits per heavy atom. The summed E-state index contributed by atoms with van der Waals surface area (Å²) in [5.41, 5.74) is 5.50. The van der Waals surface area contributed by atoms with Gasteiger partial charge in [0.15, 0.2) is 0 Å². The van der Waals surface area contributed by atoms with Crippen molar-refractivity contribution in [2.24, 2.45) is 5.73 Å². The van der Waals surface area contributed by atoms with Crippen LogP contribution in [0.5, 0.6) is 0 Å². The van der Waals surface area contributed by atoms with Gasteiger partial charge in [-0.05, 0) is 31.5 Å². The average Bonchev–Trinajstić information content (AvgIpc) is 2.52. The second kappa shape index (κ2) is 4.19. The fourth-order valence-electron chi connectivity index (χ4n) is 1.35. The van der Waals surface area contributed by atoms with E-state index in [2.05, 4.69) is 36.0 Å². The van der Waals surface area contributed by atoms with Crippen LogP contribution < -0.4 is 5.73 Å². The molecule has 0 aliphatic rings. The van der Waals surface area contributed by atoms with Crippen molar-refractivity contribution < 1.29 is 0 Å². The van der Waals surface area contributed by atoms with Crippen molar-refractivity contribution in [1.82, 2.24) is 4.57 Å². The number of nitrogens with two attached hydrogens (primary N) is 1. The molecule has 2 N–H and O–H groups in total. The molecule has 0 bridgehead atoms. The highest BCUT2D eigenvalue weighted by molar-refractivity contribution is 4.92. The number of nitrogens with zero attached hydrogens (tertiary/aromatic N) is 1. The highest BCUT2D eigenvalue weighted by Gasteiger charge is 2.04. The lowest BCUT2D eigenvalue weighted by molar-refractivity contribution is 0.460. The molecule has 1 aromatic rings. The second-order valence-corrected chi connectivity index (χ2v) is 2.77. The topological polar surface area (TPSA) is 30.9 Å². The Morgan fingerprint density at radius 3 is 2.45 bits per heavy atom. The van der Waals surface area contributed by atoms with Crippen LogP contribution in [0.3, 0.4) is 0 Å². The smallest absolute Gasteiger partial charge is 0.0340 e. The van der Waals surface area contributed by atoms with E-state index in [1.807, 2.05) is 0 Å². The molecule has 0 saturated carbocycles. The largest absolute Gasteiger partial charge is 0.351 e. The lowest BCUT2D eigenvalue weighted by Crippen LogP contribution is -2.11. The summed E-state index contributed by atoms with van der Waals surface area (Å²) in [5, 5.41) is 0. The Kier molecular flexibility index (Phi) is 3.17. The lowest BCUT2D eigenvalue weighted by Gasteiger charge is -2.15. The standard InChI is InChI=1S/C9H16N2/c1-2-9(5-6-10)11-7-3-4-8-11/h3-4,7-9H,2,5-6,10H2,1H3. The fourth-order valence-corrected chi connectivity index (χ4v) is 1.35. The van der Waals surface area contributed by atoms with Crippen LogP contribution in [0.1, 0.15) is 25.8 Å². The first-order chi connectivity index (χ1) is 5.38. The molecule has 0 fully saturated rings. The summed E-state index contributed by atoms with van der Waals surface area (Å²) in [5.74, 6) is 0. The van der Waals surface area contributed by atoms with Gasteiger partial charge in [0.05, 0.1) is 0 Å². The number of rotatable bonds is 4. The number of aromatic nitrogens is 1. The van der Waals surface area contributed by atoms with E-state index in [9.17, 15) is 0 Å². The van der Waals surface area contributed by atoms with Gasteiger partial charge in [-0.2, -0.15) is 0 Å². The van der Waals surface area contributed by atoms with Gasteiger partial charge < -0.3 is 10.3 Å². The van der Waals surface area contributed by atoms with Crippen LogP contribution in [0.4, 0.5) is 0 Å². The summed E-state index contributed by atoms with van der Waals surface area (Å²) in [6, 6.07) is 4.70. The van der Waals surface area contributed by atoms with Crippen LogP contribution in [-0.4, -0.2) is 11.1 Å². The summed E-state index contributed by atoms with van der Waals surface area (Å²) in [7, 11) is 0. The summed E-state index contributed by atoms with van der Waals surface area (Å²) in [4.78, 5) is 0. The maximum absolute atomic E-state index is 5.50. The molecular weight excluding hydrogens is 136 g/mol. The van der Waals surface area contributed by atoms with Crippen LogP contribution in [0, 0.1) is 0 Å². The SMILES string of the molecule is CCC(CCN)n1cccc1. The monoisotopic (exact) mass is 152 g/mol. The third-order valence-electron chi connectivity index (χ3n) is 2.02. The Balaban J connectivity index is 2.56. The van der Waals surface area contributed by atoms with Gasteiger partial charge in [-0.3, -0.25) is 0 Å². The molecule has 0 aliphatic carbocycles. The number of hydrogen-bond acceptors (Lipinski definition) is 1. The van der Waals surface area contributed by atoms with Gasteiger partial charge in [-0.25, -0.2) is 0 Å². The Hall–Kier alpha value is -0.760. The van der Waals surface area contributed by atoms with Crippen molar-refractivity contribution in [2.45, 2.75) is 25.8 Å². The Morgan fingerprint density at radius 2 is 2.00 bits per heavy atom. The minimum atomic E-state index is 0.593. The highest BCUT2D eigenvalue weighted by atomic mass is 15.0. The zero-order chi connectivity index (χ0) is 8.10. The molecule has 1 unspecified atom stereocenters. The van der Waals surface area contributed by atoms with E-state index in [4.69, 9.17) is 5.73 Å². The molecule has 2 nitrogen and oxygen atoms in total. The molecule has 1 heterocycles. The molecule has 0 amide bonds. The average molecular weight is 152 g/mol. The summed E-state index contributed by atoms with van der Waals surface area (Å²) >= 11 is 0. The predicted octanol–water partition coefficient (Wildman–Crippen LogP) is 1.79. The van der Waals surface area contributed by atoms with E-state index in [-0.39, 0.29) is 0 Å². The zero-order valence-electron chi connectivity index (χ0n) is 7.03. The molecule has 0 saturated heterocycles. The molecule has 0 aliphatic heterocycles. The highest BCUT2D eigenvalue weighted by Crippen LogP contribution is 2.14. The first-order valence-electron chi connectivity index (χ1n) is 4.21. The first kappa shape index (κ1) is 8.34. The van der Waals surface area contributed by atoms with Crippen molar-refractivity contribution in [1.29, 1.82) is 0 Å². The molecular formula is C9H16N2. The summed E-state index contributed by atoms with van der Waals surface area (Å²) < 4.78 is 2.23. The van der Waals surface area contributed by atoms with Crippen LogP contribution in [0.25, 0.3) is 0 Å². The van der Waals surface area contributed by atoms with Crippen molar-refractivity contribution in [3.8, 4) is 0 Å². The summed E-state index contributed by atoms with van der Waals surface area (Å²) in [6.45, 7) is 2.97. The van der Waals surface area contributed by atoms with E-state index in [0.717, 1.165) is 19.4 Å². The molecule has 1 aromatic heterocycles. The predicted molar refractivity (Wildman–Crippen MR) is 47.4 cm³/mol. The van der Waals surface area contributed by atoms with Crippen LogP contribution in [-0.2, 0) is 0 Å². The quantitative estimate of drug-likeness (QED) is 0.700. The van der Waals surface area contributed by atoms with Crippen LogP contribution in [0.15, 0.2) is 24.5 Å². The van der Waals surface area contributed by atoms with Crippen molar-refractivity contribution in [2.75, 3.05) is 6.54 Å². The molecule has 1 atom stereocenters. The molecule has 0 spiro atoms. The van der Waals surface area contributed by atoms with E-state index < -0.39 is 0 Å².